The number of oxazole rings is 1. The number of rotatable bonds is 4. The summed E-state index contributed by atoms with van der Waals surface area (Å²) in [6.45, 7) is 6.11. The summed E-state index contributed by atoms with van der Waals surface area (Å²) < 4.78 is 16.2. The molecule has 4 bridgehead atoms. The number of hydrogen-bond acceptors (Lipinski definition) is 7. The van der Waals surface area contributed by atoms with Crippen LogP contribution in [0.3, 0.4) is 0 Å². The summed E-state index contributed by atoms with van der Waals surface area (Å²) >= 11 is 0. The van der Waals surface area contributed by atoms with Crippen LogP contribution in [0.5, 0.6) is 0 Å². The molecule has 0 radical (unpaired) electrons. The summed E-state index contributed by atoms with van der Waals surface area (Å²) in [5.41, 5.74) is 3.79. The zero-order valence-electron chi connectivity index (χ0n) is 20.3. The highest BCUT2D eigenvalue weighted by Gasteiger charge is 2.36. The number of methoxy groups -OCH3 is 2. The molecule has 0 spiro atoms. The maximum absolute atomic E-state index is 12.8. The molecule has 2 heterocycles. The summed E-state index contributed by atoms with van der Waals surface area (Å²) in [6.07, 6.45) is 5.62. The number of nitrogens with zero attached hydrogens (tertiary/aromatic N) is 2. The van der Waals surface area contributed by atoms with Gasteiger partial charge in [0.15, 0.2) is 5.70 Å². The molecule has 1 N–H and O–H groups in total. The molecule has 1 amide bonds. The van der Waals surface area contributed by atoms with Crippen LogP contribution >= 0.6 is 0 Å². The van der Waals surface area contributed by atoms with Crippen LogP contribution in [0.1, 0.15) is 79.6 Å². The van der Waals surface area contributed by atoms with E-state index in [9.17, 15) is 9.59 Å². The van der Waals surface area contributed by atoms with Crippen molar-refractivity contribution in [3.63, 3.8) is 0 Å². The summed E-state index contributed by atoms with van der Waals surface area (Å²) in [5.74, 6) is 0.452. The third-order valence-corrected chi connectivity index (χ3v) is 6.31. The van der Waals surface area contributed by atoms with Crippen LogP contribution in [-0.4, -0.2) is 37.3 Å². The van der Waals surface area contributed by atoms with E-state index in [1.807, 2.05) is 20.8 Å². The summed E-state index contributed by atoms with van der Waals surface area (Å²) in [7, 11) is 2.72. The number of amides is 1. The first-order valence-corrected chi connectivity index (χ1v) is 11.5. The van der Waals surface area contributed by atoms with Crippen LogP contribution in [0.15, 0.2) is 39.6 Å². The minimum Gasteiger partial charge on any atom is -0.502 e. The number of carbonyl (C=O) groups is 2. The van der Waals surface area contributed by atoms with E-state index in [1.54, 1.807) is 0 Å². The Morgan fingerprint density at radius 1 is 1.24 bits per heavy atom. The molecule has 1 aromatic heterocycles. The molecule has 8 heteroatoms. The van der Waals surface area contributed by atoms with Gasteiger partial charge in [-0.15, -0.1) is 0 Å². The molecule has 2 aromatic rings. The first-order chi connectivity index (χ1) is 16.2. The number of aromatic nitrogens is 1. The van der Waals surface area contributed by atoms with E-state index in [0.29, 0.717) is 30.2 Å². The van der Waals surface area contributed by atoms with Crippen molar-refractivity contribution in [2.75, 3.05) is 14.2 Å². The summed E-state index contributed by atoms with van der Waals surface area (Å²) in [5, 5.41) is 3.12. The third-order valence-electron chi connectivity index (χ3n) is 6.31. The highest BCUT2D eigenvalue weighted by Crippen LogP contribution is 2.42. The smallest absolute Gasteiger partial charge is 0.359 e. The SMILES string of the molecule is CO/C=C(\N=Cc1nc2oc1C1CCc3ccc(cc31)CCC(=O)NC2C(C)(C)C)C(=O)OC. The van der Waals surface area contributed by atoms with Gasteiger partial charge in [-0.1, -0.05) is 39.0 Å². The molecule has 0 fully saturated rings. The van der Waals surface area contributed by atoms with Gasteiger partial charge in [-0.3, -0.25) is 4.79 Å². The number of hydrogen-bond donors (Lipinski definition) is 1. The molecule has 1 aliphatic carbocycles. The van der Waals surface area contributed by atoms with Crippen LogP contribution in [0.2, 0.25) is 0 Å². The van der Waals surface area contributed by atoms with Crippen molar-refractivity contribution in [2.45, 2.75) is 58.4 Å². The van der Waals surface area contributed by atoms with Crippen molar-refractivity contribution in [1.82, 2.24) is 10.3 Å². The average Bonchev–Trinajstić information content (AvgIpc) is 3.40. The topological polar surface area (TPSA) is 103 Å². The van der Waals surface area contributed by atoms with Gasteiger partial charge in [0.25, 0.3) is 0 Å². The number of ether oxygens (including phenoxy) is 2. The number of nitrogens with one attached hydrogen (secondary N) is 1. The monoisotopic (exact) mass is 465 g/mol. The first kappa shape index (κ1) is 23.7. The van der Waals surface area contributed by atoms with Crippen molar-refractivity contribution >= 4 is 18.1 Å². The van der Waals surface area contributed by atoms with E-state index in [4.69, 9.17) is 18.9 Å². The van der Waals surface area contributed by atoms with Gasteiger partial charge in [-0.2, -0.15) is 0 Å². The fraction of sp³-hybridized carbons (Fsp3) is 0.462. The quantitative estimate of drug-likeness (QED) is 0.317. The van der Waals surface area contributed by atoms with Crippen molar-refractivity contribution in [1.29, 1.82) is 0 Å². The highest BCUT2D eigenvalue weighted by molar-refractivity contribution is 5.91. The van der Waals surface area contributed by atoms with E-state index in [-0.39, 0.29) is 22.9 Å². The molecular weight excluding hydrogens is 434 g/mol. The molecule has 180 valence electrons. The Labute approximate surface area is 199 Å². The van der Waals surface area contributed by atoms with Crippen LogP contribution < -0.4 is 5.32 Å². The third kappa shape index (κ3) is 4.76. The van der Waals surface area contributed by atoms with Crippen molar-refractivity contribution < 1.29 is 23.5 Å². The minimum absolute atomic E-state index is 0.00759. The van der Waals surface area contributed by atoms with Gasteiger partial charge in [0.1, 0.15) is 23.8 Å². The Morgan fingerprint density at radius 2 is 2.03 bits per heavy atom. The van der Waals surface area contributed by atoms with E-state index < -0.39 is 12.0 Å². The second-order valence-electron chi connectivity index (χ2n) is 9.78. The zero-order valence-corrected chi connectivity index (χ0v) is 20.3. The molecule has 4 rings (SSSR count). The molecule has 34 heavy (non-hydrogen) atoms. The lowest BCUT2D eigenvalue weighted by atomic mass is 9.86. The number of aryl methyl sites for hydroxylation is 2. The van der Waals surface area contributed by atoms with Gasteiger partial charge < -0.3 is 19.2 Å². The molecule has 1 aromatic carbocycles. The maximum Gasteiger partial charge on any atom is 0.359 e. The molecular formula is C26H31N3O5. The number of esters is 1. The number of fused-ring (bicyclic) bond motifs is 4. The van der Waals surface area contributed by atoms with Gasteiger partial charge in [0.05, 0.1) is 20.4 Å². The maximum atomic E-state index is 12.8. The van der Waals surface area contributed by atoms with Gasteiger partial charge in [-0.05, 0) is 41.4 Å². The second-order valence-corrected chi connectivity index (χ2v) is 9.78. The molecule has 0 saturated heterocycles. The van der Waals surface area contributed by atoms with Crippen molar-refractivity contribution in [3.8, 4) is 0 Å². The largest absolute Gasteiger partial charge is 0.502 e. The van der Waals surface area contributed by atoms with Crippen LogP contribution in [0.4, 0.5) is 0 Å². The average molecular weight is 466 g/mol. The minimum atomic E-state index is -0.620. The predicted octanol–water partition coefficient (Wildman–Crippen LogP) is 3.98. The first-order valence-electron chi connectivity index (χ1n) is 11.5. The standard InChI is InChI=1S/C26H31N3O5/c1-26(2,3)23-24-28-19(13-27-20(14-32-4)25(31)33-5)22(34-24)17-10-9-16-8-6-15(12-18(16)17)7-11-21(30)29-23/h6,8,12-14,17,23H,7,9-11H2,1-5H3,(H,29,30)/b20-14-,27-13?. The van der Waals surface area contributed by atoms with Gasteiger partial charge >= 0.3 is 5.97 Å². The lowest BCUT2D eigenvalue weighted by Crippen LogP contribution is -2.37. The normalized spacial score (nSPS) is 20.5. The number of benzene rings is 1. The van der Waals surface area contributed by atoms with Crippen LogP contribution in [0.25, 0.3) is 0 Å². The molecule has 1 aliphatic heterocycles. The van der Waals surface area contributed by atoms with Crippen LogP contribution in [-0.2, 0) is 31.9 Å². The second kappa shape index (κ2) is 9.44. The number of aliphatic imine (C=N–C) groups is 1. The Morgan fingerprint density at radius 3 is 2.74 bits per heavy atom. The van der Waals surface area contributed by atoms with E-state index >= 15 is 0 Å². The fourth-order valence-electron chi connectivity index (χ4n) is 4.52. The Bertz CT molecular complexity index is 1160. The Kier molecular flexibility index (Phi) is 6.59. The molecule has 2 aliphatic rings. The molecule has 2 unspecified atom stereocenters. The highest BCUT2D eigenvalue weighted by atomic mass is 16.5. The lowest BCUT2D eigenvalue weighted by Gasteiger charge is -2.29. The van der Waals surface area contributed by atoms with Crippen molar-refractivity contribution in [2.24, 2.45) is 10.4 Å². The number of carbonyl (C=O) groups excluding carboxylic acids is 2. The summed E-state index contributed by atoms with van der Waals surface area (Å²) in [4.78, 5) is 33.9. The fourth-order valence-corrected chi connectivity index (χ4v) is 4.52. The molecule has 2 atom stereocenters. The van der Waals surface area contributed by atoms with Gasteiger partial charge in [0, 0.05) is 12.3 Å². The van der Waals surface area contributed by atoms with E-state index in [2.05, 4.69) is 28.5 Å². The molecule has 0 saturated carbocycles. The predicted molar refractivity (Wildman–Crippen MR) is 126 cm³/mol. The van der Waals surface area contributed by atoms with Crippen molar-refractivity contribution in [3.05, 3.63) is 64.2 Å². The van der Waals surface area contributed by atoms with E-state index in [0.717, 1.165) is 18.4 Å². The Hall–Kier alpha value is -3.42. The Balaban J connectivity index is 1.86. The van der Waals surface area contributed by atoms with E-state index in [1.165, 1.54) is 37.8 Å². The van der Waals surface area contributed by atoms with Crippen LogP contribution in [0, 0.1) is 5.41 Å². The molecule has 8 nitrogen and oxygen atoms in total. The van der Waals surface area contributed by atoms with Gasteiger partial charge in [-0.25, -0.2) is 14.8 Å². The zero-order chi connectivity index (χ0) is 24.5. The van der Waals surface area contributed by atoms with Gasteiger partial charge in [0.2, 0.25) is 11.8 Å². The lowest BCUT2D eigenvalue weighted by molar-refractivity contribution is -0.136. The summed E-state index contributed by atoms with van der Waals surface area (Å²) in [6, 6.07) is 6.01.